The van der Waals surface area contributed by atoms with Crippen molar-refractivity contribution in [2.24, 2.45) is 5.10 Å². The van der Waals surface area contributed by atoms with Crippen LogP contribution in [0.5, 0.6) is 0 Å². The molecule has 4 heteroatoms. The lowest BCUT2D eigenvalue weighted by Gasteiger charge is -2.06. The van der Waals surface area contributed by atoms with Crippen LogP contribution in [0.3, 0.4) is 0 Å². The quantitative estimate of drug-likeness (QED) is 0.821. The van der Waals surface area contributed by atoms with E-state index in [-0.39, 0.29) is 0 Å². The second-order valence-electron chi connectivity index (χ2n) is 3.01. The van der Waals surface area contributed by atoms with Gasteiger partial charge in [-0.3, -0.25) is 5.01 Å². The van der Waals surface area contributed by atoms with Crippen molar-refractivity contribution in [2.75, 3.05) is 12.4 Å². The predicted octanol–water partition coefficient (Wildman–Crippen LogP) is 3.14. The van der Waals surface area contributed by atoms with E-state index in [1.165, 1.54) is 5.56 Å². The molecule has 1 aromatic carbocycles. The van der Waals surface area contributed by atoms with Gasteiger partial charge in [0.05, 0.1) is 5.88 Å². The first-order valence-corrected chi connectivity index (χ1v) is 6.29. The highest BCUT2D eigenvalue weighted by Crippen LogP contribution is 2.23. The summed E-state index contributed by atoms with van der Waals surface area (Å²) in [6.07, 6.45) is 0. The number of hydrogen-bond acceptors (Lipinski definition) is 3. The van der Waals surface area contributed by atoms with Gasteiger partial charge in [-0.15, -0.1) is 0 Å². The van der Waals surface area contributed by atoms with Crippen LogP contribution in [0.4, 0.5) is 0 Å². The second kappa shape index (κ2) is 4.36. The second-order valence-corrected chi connectivity index (χ2v) is 4.86. The minimum atomic E-state index is 0.974. The first-order chi connectivity index (χ1) is 6.79. The summed E-state index contributed by atoms with van der Waals surface area (Å²) >= 11 is 5.22. The smallest absolute Gasteiger partial charge is 0.125 e. The van der Waals surface area contributed by atoms with Crippen LogP contribution in [0, 0.1) is 0 Å². The summed E-state index contributed by atoms with van der Waals surface area (Å²) in [6, 6.07) is 8.28. The Kier molecular flexibility index (Phi) is 3.13. The van der Waals surface area contributed by atoms with Crippen LogP contribution >= 0.6 is 27.7 Å². The Hall–Kier alpha value is -0.480. The van der Waals surface area contributed by atoms with Crippen LogP contribution in [-0.4, -0.2) is 22.5 Å². The van der Waals surface area contributed by atoms with E-state index in [9.17, 15) is 0 Å². The molecule has 1 aliphatic heterocycles. The average molecular weight is 271 g/mol. The molecule has 1 heterocycles. The molecule has 0 atom stereocenters. The minimum absolute atomic E-state index is 0.974. The van der Waals surface area contributed by atoms with Gasteiger partial charge >= 0.3 is 0 Å². The number of hydrogen-bond donors (Lipinski definition) is 0. The van der Waals surface area contributed by atoms with Gasteiger partial charge in [0.2, 0.25) is 0 Å². The number of nitrogens with zero attached hydrogens (tertiary/aromatic N) is 2. The monoisotopic (exact) mass is 270 g/mol. The summed E-state index contributed by atoms with van der Waals surface area (Å²) in [7, 11) is 0. The maximum Gasteiger partial charge on any atom is 0.125 e. The van der Waals surface area contributed by atoms with Crippen molar-refractivity contribution in [2.45, 2.75) is 6.92 Å². The van der Waals surface area contributed by atoms with Crippen molar-refractivity contribution in [3.05, 3.63) is 34.3 Å². The highest BCUT2D eigenvalue weighted by Gasteiger charge is 2.14. The van der Waals surface area contributed by atoms with Crippen molar-refractivity contribution in [3.8, 4) is 0 Å². The van der Waals surface area contributed by atoms with Crippen LogP contribution in [-0.2, 0) is 0 Å². The van der Waals surface area contributed by atoms with E-state index in [1.807, 2.05) is 12.1 Å². The van der Waals surface area contributed by atoms with E-state index in [4.69, 9.17) is 0 Å². The molecule has 1 aliphatic rings. The fraction of sp³-hybridized carbons (Fsp3) is 0.300. The molecular weight excluding hydrogens is 260 g/mol. The van der Waals surface area contributed by atoms with Gasteiger partial charge in [0.1, 0.15) is 5.04 Å². The van der Waals surface area contributed by atoms with E-state index in [1.54, 1.807) is 11.8 Å². The molecule has 0 spiro atoms. The molecule has 0 radical (unpaired) electrons. The molecule has 0 unspecified atom stereocenters. The first kappa shape index (κ1) is 10.1. The highest BCUT2D eigenvalue weighted by molar-refractivity contribution is 9.10. The van der Waals surface area contributed by atoms with Crippen molar-refractivity contribution in [1.82, 2.24) is 5.01 Å². The van der Waals surface area contributed by atoms with Crippen molar-refractivity contribution < 1.29 is 0 Å². The number of rotatable bonds is 2. The Morgan fingerprint density at radius 2 is 2.14 bits per heavy atom. The number of benzene rings is 1. The molecule has 2 nitrogen and oxygen atoms in total. The topological polar surface area (TPSA) is 15.6 Å². The van der Waals surface area contributed by atoms with Crippen molar-refractivity contribution in [3.63, 3.8) is 0 Å². The molecule has 2 rings (SSSR count). The normalized spacial score (nSPS) is 15.9. The van der Waals surface area contributed by atoms with E-state index in [0.717, 1.165) is 21.9 Å². The Bertz CT molecular complexity index is 348. The molecule has 1 aromatic rings. The zero-order valence-electron chi connectivity index (χ0n) is 7.90. The molecule has 0 fully saturated rings. The molecule has 0 amide bonds. The summed E-state index contributed by atoms with van der Waals surface area (Å²) in [4.78, 5) is 0. The van der Waals surface area contributed by atoms with Crippen LogP contribution in [0.1, 0.15) is 12.5 Å². The molecule has 0 aromatic heterocycles. The van der Waals surface area contributed by atoms with Crippen molar-refractivity contribution >= 4 is 32.7 Å². The summed E-state index contributed by atoms with van der Waals surface area (Å²) in [5.74, 6) is 0.974. The van der Waals surface area contributed by atoms with Gasteiger partial charge in [-0.05, 0) is 19.1 Å². The number of hydrazone groups is 1. The van der Waals surface area contributed by atoms with E-state index < -0.39 is 0 Å². The van der Waals surface area contributed by atoms with E-state index in [2.05, 4.69) is 45.1 Å². The van der Waals surface area contributed by atoms with Gasteiger partial charge in [0, 0.05) is 16.6 Å². The largest absolute Gasteiger partial charge is 0.286 e. The molecule has 0 bridgehead atoms. The van der Waals surface area contributed by atoms with E-state index in [0.29, 0.717) is 0 Å². The molecule has 74 valence electrons. The summed E-state index contributed by atoms with van der Waals surface area (Å²) in [5, 5.41) is 7.70. The van der Waals surface area contributed by atoms with Gasteiger partial charge in [0.25, 0.3) is 0 Å². The minimum Gasteiger partial charge on any atom is -0.286 e. The third-order valence-corrected chi connectivity index (χ3v) is 3.59. The molecule has 0 aliphatic carbocycles. The maximum absolute atomic E-state index is 4.50. The van der Waals surface area contributed by atoms with Gasteiger partial charge < -0.3 is 0 Å². The average Bonchev–Trinajstić information content (AvgIpc) is 2.67. The number of thioether (sulfide) groups is 1. The lowest BCUT2D eigenvalue weighted by atomic mass is 10.2. The summed E-state index contributed by atoms with van der Waals surface area (Å²) in [6.45, 7) is 3.10. The van der Waals surface area contributed by atoms with Crippen LogP contribution < -0.4 is 0 Å². The van der Waals surface area contributed by atoms with Gasteiger partial charge in [-0.1, -0.05) is 39.8 Å². The molecule has 0 N–H and O–H groups in total. The lowest BCUT2D eigenvalue weighted by molar-refractivity contribution is 0.368. The van der Waals surface area contributed by atoms with Crippen LogP contribution in [0.15, 0.2) is 33.8 Å². The molecule has 0 saturated carbocycles. The maximum atomic E-state index is 4.50. The Balaban J connectivity index is 2.20. The van der Waals surface area contributed by atoms with E-state index >= 15 is 0 Å². The molecule has 14 heavy (non-hydrogen) atoms. The van der Waals surface area contributed by atoms with Crippen LogP contribution in [0.2, 0.25) is 0 Å². The summed E-state index contributed by atoms with van der Waals surface area (Å²) in [5.41, 5.74) is 1.20. The summed E-state index contributed by atoms with van der Waals surface area (Å²) < 4.78 is 1.11. The fourth-order valence-corrected chi connectivity index (χ4v) is 2.47. The van der Waals surface area contributed by atoms with Crippen molar-refractivity contribution in [1.29, 1.82) is 0 Å². The Labute approximate surface area is 96.5 Å². The molecular formula is C10H11BrN2S. The zero-order chi connectivity index (χ0) is 9.97. The van der Waals surface area contributed by atoms with Gasteiger partial charge in [-0.2, -0.15) is 5.10 Å². The Morgan fingerprint density at radius 3 is 2.71 bits per heavy atom. The first-order valence-electron chi connectivity index (χ1n) is 4.52. The Morgan fingerprint density at radius 1 is 1.43 bits per heavy atom. The van der Waals surface area contributed by atoms with Crippen LogP contribution in [0.25, 0.3) is 0 Å². The third kappa shape index (κ3) is 2.12. The molecule has 0 saturated heterocycles. The third-order valence-electron chi connectivity index (χ3n) is 2.04. The lowest BCUT2D eigenvalue weighted by Crippen LogP contribution is -2.10. The standard InChI is InChI=1S/C10H11BrN2S/c1-2-13-7-14-10(12-13)8-3-5-9(11)6-4-8/h3-6H,2,7H2,1H3. The highest BCUT2D eigenvalue weighted by atomic mass is 79.9. The zero-order valence-corrected chi connectivity index (χ0v) is 10.3. The van der Waals surface area contributed by atoms with Gasteiger partial charge in [-0.25, -0.2) is 0 Å². The SMILES string of the molecule is CCN1CSC(c2ccc(Br)cc2)=N1. The predicted molar refractivity (Wildman–Crippen MR) is 65.5 cm³/mol. The fourth-order valence-electron chi connectivity index (χ4n) is 1.22. The number of halogens is 1. The van der Waals surface area contributed by atoms with Gasteiger partial charge in [0.15, 0.2) is 0 Å².